The quantitative estimate of drug-likeness (QED) is 0.334. The molecule has 9 heteroatoms. The van der Waals surface area contributed by atoms with Crippen LogP contribution in [0.3, 0.4) is 0 Å². The van der Waals surface area contributed by atoms with Gasteiger partial charge in [0.2, 0.25) is 6.79 Å². The first-order valence-electron chi connectivity index (χ1n) is 4.40. The summed E-state index contributed by atoms with van der Waals surface area (Å²) in [5, 5.41) is 0. The van der Waals surface area contributed by atoms with E-state index >= 15 is 0 Å². The SMILES string of the molecule is C=C(C)C(=O)OCOC(=O)CC(F)(F)C(F)(F)F. The van der Waals surface area contributed by atoms with Crippen LogP contribution in [-0.2, 0) is 19.1 Å². The third-order valence-corrected chi connectivity index (χ3v) is 1.54. The highest BCUT2D eigenvalue weighted by atomic mass is 19.4. The Bertz CT molecular complexity index is 347. The zero-order valence-corrected chi connectivity index (χ0v) is 9.14. The van der Waals surface area contributed by atoms with Crippen molar-refractivity contribution in [3.8, 4) is 0 Å². The second-order valence-electron chi connectivity index (χ2n) is 3.23. The van der Waals surface area contributed by atoms with Crippen LogP contribution < -0.4 is 0 Å². The third-order valence-electron chi connectivity index (χ3n) is 1.54. The molecule has 0 bridgehead atoms. The average molecular weight is 276 g/mol. The minimum absolute atomic E-state index is 0.0494. The molecule has 0 N–H and O–H groups in total. The highest BCUT2D eigenvalue weighted by molar-refractivity contribution is 5.86. The number of rotatable bonds is 5. The predicted molar refractivity (Wildman–Crippen MR) is 47.5 cm³/mol. The van der Waals surface area contributed by atoms with Gasteiger partial charge in [0.1, 0.15) is 6.42 Å². The van der Waals surface area contributed by atoms with Crippen molar-refractivity contribution < 1.29 is 41.0 Å². The van der Waals surface area contributed by atoms with Crippen LogP contribution >= 0.6 is 0 Å². The molecule has 0 aliphatic rings. The van der Waals surface area contributed by atoms with Crippen molar-refractivity contribution in [1.82, 2.24) is 0 Å². The fraction of sp³-hybridized carbons (Fsp3) is 0.556. The fourth-order valence-electron chi connectivity index (χ4n) is 0.604. The van der Waals surface area contributed by atoms with E-state index in [0.717, 1.165) is 0 Å². The van der Waals surface area contributed by atoms with Crippen molar-refractivity contribution in [3.63, 3.8) is 0 Å². The van der Waals surface area contributed by atoms with Gasteiger partial charge in [-0.05, 0) is 6.92 Å². The second-order valence-corrected chi connectivity index (χ2v) is 3.23. The van der Waals surface area contributed by atoms with Gasteiger partial charge in [-0.15, -0.1) is 0 Å². The lowest BCUT2D eigenvalue weighted by Crippen LogP contribution is -2.39. The highest BCUT2D eigenvalue weighted by Crippen LogP contribution is 2.38. The summed E-state index contributed by atoms with van der Waals surface area (Å²) in [7, 11) is 0. The van der Waals surface area contributed by atoms with Crippen molar-refractivity contribution in [1.29, 1.82) is 0 Å². The van der Waals surface area contributed by atoms with Gasteiger partial charge in [0.05, 0.1) is 0 Å². The summed E-state index contributed by atoms with van der Waals surface area (Å²) < 4.78 is 67.8. The molecule has 0 radical (unpaired) electrons. The average Bonchev–Trinajstić information content (AvgIpc) is 2.14. The van der Waals surface area contributed by atoms with E-state index in [1.807, 2.05) is 0 Å². The van der Waals surface area contributed by atoms with Crippen LogP contribution in [0, 0.1) is 0 Å². The van der Waals surface area contributed by atoms with Crippen LogP contribution in [0.5, 0.6) is 0 Å². The fourth-order valence-corrected chi connectivity index (χ4v) is 0.604. The summed E-state index contributed by atoms with van der Waals surface area (Å²) in [6.07, 6.45) is -8.03. The molecule has 0 saturated carbocycles. The monoisotopic (exact) mass is 276 g/mol. The van der Waals surface area contributed by atoms with E-state index in [1.54, 1.807) is 0 Å². The smallest absolute Gasteiger partial charge is 0.428 e. The molecule has 0 aliphatic carbocycles. The van der Waals surface area contributed by atoms with Gasteiger partial charge in [-0.3, -0.25) is 4.79 Å². The van der Waals surface area contributed by atoms with Crippen molar-refractivity contribution in [2.75, 3.05) is 6.79 Å². The Hall–Kier alpha value is -1.67. The molecule has 104 valence electrons. The van der Waals surface area contributed by atoms with Gasteiger partial charge in [-0.2, -0.15) is 22.0 Å². The van der Waals surface area contributed by atoms with E-state index in [4.69, 9.17) is 0 Å². The van der Waals surface area contributed by atoms with E-state index in [1.165, 1.54) is 6.92 Å². The van der Waals surface area contributed by atoms with Crippen LogP contribution in [0.2, 0.25) is 0 Å². The van der Waals surface area contributed by atoms with Crippen molar-refractivity contribution in [2.24, 2.45) is 0 Å². The Labute approximate surface area is 98.3 Å². The molecule has 0 aromatic heterocycles. The van der Waals surface area contributed by atoms with E-state index < -0.39 is 37.3 Å². The van der Waals surface area contributed by atoms with E-state index in [2.05, 4.69) is 16.1 Å². The lowest BCUT2D eigenvalue weighted by molar-refractivity contribution is -0.284. The molecular weight excluding hydrogens is 267 g/mol. The summed E-state index contributed by atoms with van der Waals surface area (Å²) in [5.41, 5.74) is -0.0494. The van der Waals surface area contributed by atoms with Gasteiger partial charge in [0.15, 0.2) is 0 Å². The van der Waals surface area contributed by atoms with Gasteiger partial charge in [0.25, 0.3) is 0 Å². The molecule has 0 atom stereocenters. The van der Waals surface area contributed by atoms with E-state index in [0.29, 0.717) is 0 Å². The zero-order chi connectivity index (χ0) is 14.6. The van der Waals surface area contributed by atoms with E-state index in [9.17, 15) is 31.5 Å². The van der Waals surface area contributed by atoms with Crippen molar-refractivity contribution in [3.05, 3.63) is 12.2 Å². The first-order valence-corrected chi connectivity index (χ1v) is 4.40. The molecule has 0 rings (SSSR count). The second kappa shape index (κ2) is 5.78. The Morgan fingerprint density at radius 2 is 1.61 bits per heavy atom. The molecule has 0 fully saturated rings. The number of hydrogen-bond donors (Lipinski definition) is 0. The van der Waals surface area contributed by atoms with Crippen LogP contribution in [0.15, 0.2) is 12.2 Å². The molecular formula is C9H9F5O4. The number of carbonyl (C=O) groups excluding carboxylic acids is 2. The summed E-state index contributed by atoms with van der Waals surface area (Å²) in [5.74, 6) is -8.00. The first-order chi connectivity index (χ1) is 7.97. The molecule has 18 heavy (non-hydrogen) atoms. The number of esters is 2. The number of alkyl halides is 5. The normalized spacial score (nSPS) is 11.9. The van der Waals surface area contributed by atoms with Gasteiger partial charge >= 0.3 is 24.0 Å². The van der Waals surface area contributed by atoms with Gasteiger partial charge in [-0.25, -0.2) is 4.79 Å². The first kappa shape index (κ1) is 16.3. The molecule has 0 amide bonds. The number of carbonyl (C=O) groups is 2. The standard InChI is InChI=1S/C9H9F5O4/c1-5(2)7(16)18-4-17-6(15)3-8(10,11)9(12,13)14/h1,3-4H2,2H3. The number of halogens is 5. The molecule has 4 nitrogen and oxygen atoms in total. The Kier molecular flexibility index (Phi) is 5.25. The summed E-state index contributed by atoms with van der Waals surface area (Å²) in [6.45, 7) is 3.37. The third kappa shape index (κ3) is 5.11. The Balaban J connectivity index is 4.14. The predicted octanol–water partition coefficient (Wildman–Crippen LogP) is 2.19. The topological polar surface area (TPSA) is 52.6 Å². The molecule has 0 aromatic carbocycles. The van der Waals surface area contributed by atoms with Gasteiger partial charge < -0.3 is 9.47 Å². The maximum atomic E-state index is 12.3. The molecule has 0 unspecified atom stereocenters. The molecule has 0 aromatic rings. The van der Waals surface area contributed by atoms with Crippen LogP contribution in [0.1, 0.15) is 13.3 Å². The van der Waals surface area contributed by atoms with Crippen LogP contribution in [0.25, 0.3) is 0 Å². The maximum Gasteiger partial charge on any atom is 0.453 e. The molecule has 0 heterocycles. The van der Waals surface area contributed by atoms with Gasteiger partial charge in [0, 0.05) is 5.57 Å². The van der Waals surface area contributed by atoms with Gasteiger partial charge in [-0.1, -0.05) is 6.58 Å². The molecule has 0 aliphatic heterocycles. The summed E-state index contributed by atoms with van der Waals surface area (Å²) >= 11 is 0. The Morgan fingerprint density at radius 1 is 1.11 bits per heavy atom. The zero-order valence-electron chi connectivity index (χ0n) is 9.14. The minimum atomic E-state index is -5.85. The summed E-state index contributed by atoms with van der Waals surface area (Å²) in [4.78, 5) is 21.4. The Morgan fingerprint density at radius 3 is 2.00 bits per heavy atom. The molecule has 0 spiro atoms. The minimum Gasteiger partial charge on any atom is -0.428 e. The maximum absolute atomic E-state index is 12.3. The van der Waals surface area contributed by atoms with Crippen molar-refractivity contribution in [2.45, 2.75) is 25.4 Å². The summed E-state index contributed by atoms with van der Waals surface area (Å²) in [6, 6.07) is 0. The lowest BCUT2D eigenvalue weighted by atomic mass is 10.2. The van der Waals surface area contributed by atoms with E-state index in [-0.39, 0.29) is 5.57 Å². The largest absolute Gasteiger partial charge is 0.453 e. The van der Waals surface area contributed by atoms with Crippen LogP contribution in [-0.4, -0.2) is 30.8 Å². The molecule has 0 saturated heterocycles. The van der Waals surface area contributed by atoms with Crippen LogP contribution in [0.4, 0.5) is 22.0 Å². The lowest BCUT2D eigenvalue weighted by Gasteiger charge is -2.18. The number of ether oxygens (including phenoxy) is 2. The number of hydrogen-bond acceptors (Lipinski definition) is 4. The highest BCUT2D eigenvalue weighted by Gasteiger charge is 2.58. The van der Waals surface area contributed by atoms with Crippen molar-refractivity contribution >= 4 is 11.9 Å².